The van der Waals surface area contributed by atoms with Crippen molar-refractivity contribution in [3.63, 3.8) is 0 Å². The lowest BCUT2D eigenvalue weighted by Gasteiger charge is -2.20. The Morgan fingerprint density at radius 3 is 2.33 bits per heavy atom. The molecule has 3 rings (SSSR count). The Morgan fingerprint density at radius 1 is 1.10 bits per heavy atom. The maximum atomic E-state index is 13.9. The molecule has 1 saturated carbocycles. The second kappa shape index (κ2) is 5.35. The number of nitrogens with zero attached hydrogens (tertiary/aromatic N) is 2. The first-order chi connectivity index (χ1) is 10.1. The molecule has 112 valence electrons. The van der Waals surface area contributed by atoms with E-state index in [4.69, 9.17) is 11.6 Å². The molecule has 1 heterocycles. The van der Waals surface area contributed by atoms with Crippen molar-refractivity contribution >= 4 is 5.82 Å². The zero-order chi connectivity index (χ0) is 15.0. The molecule has 1 aromatic carbocycles. The molecule has 0 bridgehead atoms. The maximum Gasteiger partial charge on any atom is 0.151 e. The predicted octanol–water partition coefficient (Wildman–Crippen LogP) is 3.17. The minimum atomic E-state index is -0.685. The van der Waals surface area contributed by atoms with Crippen LogP contribution in [-0.4, -0.2) is 9.66 Å². The predicted molar refractivity (Wildman–Crippen MR) is 78.0 cm³/mol. The minimum Gasteiger partial charge on any atom is -0.382 e. The monoisotopic (exact) mass is 292 g/mol. The molecule has 0 amide bonds. The Hall–Kier alpha value is -2.11. The van der Waals surface area contributed by atoms with E-state index in [-0.39, 0.29) is 23.0 Å². The van der Waals surface area contributed by atoms with Gasteiger partial charge in [-0.15, -0.1) is 0 Å². The van der Waals surface area contributed by atoms with Crippen LogP contribution in [0, 0.1) is 11.6 Å². The number of hydrogen-bond donors (Lipinski definition) is 2. The summed E-state index contributed by atoms with van der Waals surface area (Å²) in [5.74, 6) is 5.50. The average Bonchev–Trinajstić information content (AvgIpc) is 2.77. The van der Waals surface area contributed by atoms with Gasteiger partial charge in [-0.3, -0.25) is 0 Å². The zero-order valence-corrected chi connectivity index (χ0v) is 11.6. The lowest BCUT2D eigenvalue weighted by Crippen LogP contribution is -2.19. The van der Waals surface area contributed by atoms with Crippen LogP contribution in [0.3, 0.4) is 0 Å². The van der Waals surface area contributed by atoms with Crippen molar-refractivity contribution in [2.75, 3.05) is 11.6 Å². The number of aromatic nitrogens is 2. The van der Waals surface area contributed by atoms with E-state index >= 15 is 0 Å². The lowest BCUT2D eigenvalue weighted by molar-refractivity contribution is 0.424. The van der Waals surface area contributed by atoms with Gasteiger partial charge >= 0.3 is 0 Å². The first kappa shape index (κ1) is 13.9. The van der Waals surface area contributed by atoms with Crippen molar-refractivity contribution in [1.29, 1.82) is 0 Å². The Labute approximate surface area is 121 Å². The highest BCUT2D eigenvalue weighted by molar-refractivity contribution is 5.72. The van der Waals surface area contributed by atoms with Crippen LogP contribution < -0.4 is 11.6 Å². The molecule has 1 aliphatic rings. The van der Waals surface area contributed by atoms with Crippen LogP contribution in [0.5, 0.6) is 0 Å². The largest absolute Gasteiger partial charge is 0.382 e. The summed E-state index contributed by atoms with van der Waals surface area (Å²) in [6.45, 7) is 0. The second-order valence-corrected chi connectivity index (χ2v) is 5.51. The molecule has 6 heteroatoms. The van der Waals surface area contributed by atoms with Crippen molar-refractivity contribution in [1.82, 2.24) is 9.66 Å². The van der Waals surface area contributed by atoms with Crippen molar-refractivity contribution in [2.24, 2.45) is 0 Å². The Kier molecular flexibility index (Phi) is 3.53. The van der Waals surface area contributed by atoms with Gasteiger partial charge in [-0.1, -0.05) is 25.3 Å². The molecule has 0 spiro atoms. The van der Waals surface area contributed by atoms with E-state index in [2.05, 4.69) is 4.98 Å². The van der Waals surface area contributed by atoms with Gasteiger partial charge in [0.05, 0.1) is 5.56 Å². The van der Waals surface area contributed by atoms with Gasteiger partial charge in [-0.05, 0) is 25.0 Å². The SMILES string of the molecule is Nc1c(-c2c(F)cccc2F)nc(C2CCCCC2)n1N. The number of nitrogens with two attached hydrogens (primary N) is 2. The number of hydrogen-bond acceptors (Lipinski definition) is 3. The van der Waals surface area contributed by atoms with E-state index in [0.29, 0.717) is 5.82 Å². The molecule has 0 unspecified atom stereocenters. The van der Waals surface area contributed by atoms with E-state index in [1.807, 2.05) is 0 Å². The number of anilines is 1. The van der Waals surface area contributed by atoms with E-state index in [9.17, 15) is 8.78 Å². The van der Waals surface area contributed by atoms with Crippen LogP contribution >= 0.6 is 0 Å². The number of halogens is 2. The standard InChI is InChI=1S/C15H18F2N4/c16-10-7-4-8-11(17)12(10)13-14(18)21(19)15(20-13)9-5-2-1-3-6-9/h4,7-9H,1-3,5-6,18-19H2. The highest BCUT2D eigenvalue weighted by Crippen LogP contribution is 2.36. The van der Waals surface area contributed by atoms with Gasteiger partial charge in [0, 0.05) is 5.92 Å². The zero-order valence-electron chi connectivity index (χ0n) is 11.6. The van der Waals surface area contributed by atoms with Crippen LogP contribution in [0.15, 0.2) is 18.2 Å². The summed E-state index contributed by atoms with van der Waals surface area (Å²) in [6.07, 6.45) is 5.38. The Balaban J connectivity index is 2.08. The fourth-order valence-electron chi connectivity index (χ4n) is 3.02. The molecule has 0 aliphatic heterocycles. The molecule has 2 aromatic rings. The topological polar surface area (TPSA) is 69.9 Å². The van der Waals surface area contributed by atoms with Gasteiger partial charge in [0.25, 0.3) is 0 Å². The molecule has 4 nitrogen and oxygen atoms in total. The van der Waals surface area contributed by atoms with Gasteiger partial charge < -0.3 is 11.6 Å². The fourth-order valence-corrected chi connectivity index (χ4v) is 3.02. The molecule has 4 N–H and O–H groups in total. The Bertz CT molecular complexity index is 640. The van der Waals surface area contributed by atoms with Crippen molar-refractivity contribution in [3.8, 4) is 11.3 Å². The first-order valence-corrected chi connectivity index (χ1v) is 7.17. The van der Waals surface area contributed by atoms with Crippen molar-refractivity contribution in [2.45, 2.75) is 38.0 Å². The highest BCUT2D eigenvalue weighted by Gasteiger charge is 2.26. The van der Waals surface area contributed by atoms with Gasteiger partial charge in [0.15, 0.2) is 5.82 Å². The molecular formula is C15H18F2N4. The van der Waals surface area contributed by atoms with E-state index in [0.717, 1.165) is 25.7 Å². The third-order valence-electron chi connectivity index (χ3n) is 4.15. The second-order valence-electron chi connectivity index (χ2n) is 5.51. The summed E-state index contributed by atoms with van der Waals surface area (Å²) in [6, 6.07) is 3.69. The normalized spacial score (nSPS) is 16.3. The van der Waals surface area contributed by atoms with Gasteiger partial charge in [0.1, 0.15) is 23.2 Å². The number of nitrogen functional groups attached to an aromatic ring is 2. The van der Waals surface area contributed by atoms with Crippen molar-refractivity contribution in [3.05, 3.63) is 35.7 Å². The third-order valence-corrected chi connectivity index (χ3v) is 4.15. The molecule has 0 atom stereocenters. The maximum absolute atomic E-state index is 13.9. The van der Waals surface area contributed by atoms with E-state index in [1.54, 1.807) is 0 Å². The van der Waals surface area contributed by atoms with Crippen molar-refractivity contribution < 1.29 is 8.78 Å². The molecular weight excluding hydrogens is 274 g/mol. The van der Waals surface area contributed by atoms with Crippen LogP contribution in [0.2, 0.25) is 0 Å². The molecule has 1 aromatic heterocycles. The van der Waals surface area contributed by atoms with Gasteiger partial charge in [-0.2, -0.15) is 0 Å². The van der Waals surface area contributed by atoms with Gasteiger partial charge in [0.2, 0.25) is 0 Å². The summed E-state index contributed by atoms with van der Waals surface area (Å²) in [7, 11) is 0. The van der Waals surface area contributed by atoms with Gasteiger partial charge in [-0.25, -0.2) is 18.4 Å². The number of benzene rings is 1. The van der Waals surface area contributed by atoms with Crippen LogP contribution in [0.25, 0.3) is 11.3 Å². The number of rotatable bonds is 2. The van der Waals surface area contributed by atoms with Crippen LogP contribution in [-0.2, 0) is 0 Å². The van der Waals surface area contributed by atoms with E-state index in [1.165, 1.54) is 29.3 Å². The third kappa shape index (κ3) is 2.34. The summed E-state index contributed by atoms with van der Waals surface area (Å²) in [5.41, 5.74) is 5.80. The quantitative estimate of drug-likeness (QED) is 0.835. The molecule has 1 fully saturated rings. The highest BCUT2D eigenvalue weighted by atomic mass is 19.1. The molecule has 21 heavy (non-hydrogen) atoms. The van der Waals surface area contributed by atoms with Crippen LogP contribution in [0.1, 0.15) is 43.8 Å². The lowest BCUT2D eigenvalue weighted by atomic mass is 9.89. The fraction of sp³-hybridized carbons (Fsp3) is 0.400. The summed E-state index contributed by atoms with van der Waals surface area (Å²) >= 11 is 0. The summed E-state index contributed by atoms with van der Waals surface area (Å²) in [4.78, 5) is 4.36. The minimum absolute atomic E-state index is 0.0914. The molecule has 0 saturated heterocycles. The summed E-state index contributed by atoms with van der Waals surface area (Å²) < 4.78 is 29.1. The Morgan fingerprint density at radius 2 is 1.71 bits per heavy atom. The number of imidazole rings is 1. The van der Waals surface area contributed by atoms with Crippen LogP contribution in [0.4, 0.5) is 14.6 Å². The first-order valence-electron chi connectivity index (χ1n) is 7.17. The molecule has 1 aliphatic carbocycles. The molecule has 0 radical (unpaired) electrons. The van der Waals surface area contributed by atoms with E-state index < -0.39 is 11.6 Å². The smallest absolute Gasteiger partial charge is 0.151 e. The average molecular weight is 292 g/mol. The summed E-state index contributed by atoms with van der Waals surface area (Å²) in [5, 5.41) is 0.